The molecule has 2 heterocycles. The summed E-state index contributed by atoms with van der Waals surface area (Å²) in [6.07, 6.45) is 5.52. The molecule has 0 N–H and O–H groups in total. The van der Waals surface area contributed by atoms with Crippen LogP contribution < -0.4 is 0 Å². The van der Waals surface area contributed by atoms with Gasteiger partial charge < -0.3 is 4.74 Å². The van der Waals surface area contributed by atoms with Crippen LogP contribution in [0.25, 0.3) is 0 Å². The fourth-order valence-electron chi connectivity index (χ4n) is 4.91. The smallest absolute Gasteiger partial charge is 0.313 e. The van der Waals surface area contributed by atoms with Crippen molar-refractivity contribution in [3.63, 3.8) is 0 Å². The summed E-state index contributed by atoms with van der Waals surface area (Å²) in [6.45, 7) is 0.441. The van der Waals surface area contributed by atoms with Gasteiger partial charge in [-0.05, 0) is 43.2 Å². The zero-order valence-corrected chi connectivity index (χ0v) is 15.4. The molecular weight excluding hydrogens is 351 g/mol. The maximum Gasteiger partial charge on any atom is 0.313 e. The Bertz CT molecular complexity index is 703. The van der Waals surface area contributed by atoms with E-state index in [2.05, 4.69) is 0 Å². The Morgan fingerprint density at radius 1 is 1.15 bits per heavy atom. The molecule has 3 aliphatic rings. The van der Waals surface area contributed by atoms with Crippen LogP contribution in [-0.2, 0) is 30.5 Å². The zero-order chi connectivity index (χ0) is 18.9. The first kappa shape index (κ1) is 18.6. The normalized spacial score (nSPS) is 29.3. The molecule has 2 unspecified atom stereocenters. The van der Waals surface area contributed by atoms with E-state index in [1.807, 2.05) is 6.07 Å². The molecule has 0 radical (unpaired) electrons. The summed E-state index contributed by atoms with van der Waals surface area (Å²) in [4.78, 5) is 34.4. The number of aryl methyl sites for hydroxylation is 1. The minimum Gasteiger partial charge on any atom is -0.458 e. The third kappa shape index (κ3) is 3.78. The maximum atomic E-state index is 14.5. The molecule has 27 heavy (non-hydrogen) atoms. The zero-order valence-electron chi connectivity index (χ0n) is 15.4. The molecule has 0 aromatic heterocycles. The number of benzene rings is 1. The highest BCUT2D eigenvalue weighted by Gasteiger charge is 2.47. The number of hydrogen-bond donors (Lipinski definition) is 0. The summed E-state index contributed by atoms with van der Waals surface area (Å²) >= 11 is 0. The quantitative estimate of drug-likeness (QED) is 0.442. The predicted octanol–water partition coefficient (Wildman–Crippen LogP) is 3.99. The summed E-state index contributed by atoms with van der Waals surface area (Å²) in [5.74, 6) is -0.585. The minimum absolute atomic E-state index is 0.0508. The molecule has 0 spiro atoms. The maximum absolute atomic E-state index is 14.5. The lowest BCUT2D eigenvalue weighted by atomic mass is 9.75. The number of Topliss-reactive ketones (excluding diaryl/α,β-unsaturated/α-hetero) is 1. The van der Waals surface area contributed by atoms with Gasteiger partial charge in [0.05, 0.1) is 6.61 Å². The number of ether oxygens (including phenoxy) is 1. The van der Waals surface area contributed by atoms with Gasteiger partial charge in [-0.3, -0.25) is 9.59 Å². The summed E-state index contributed by atoms with van der Waals surface area (Å²) in [5, 5.41) is 0. The van der Waals surface area contributed by atoms with Crippen LogP contribution in [0.15, 0.2) is 18.2 Å². The summed E-state index contributed by atoms with van der Waals surface area (Å²) < 4.78 is 20.3. The van der Waals surface area contributed by atoms with E-state index in [4.69, 9.17) is 14.5 Å². The molecule has 2 atom stereocenters. The summed E-state index contributed by atoms with van der Waals surface area (Å²) in [7, 11) is 0. The van der Waals surface area contributed by atoms with Crippen molar-refractivity contribution in [1.82, 2.24) is 0 Å². The van der Waals surface area contributed by atoms with E-state index in [0.29, 0.717) is 31.4 Å². The molecule has 1 aromatic carbocycles. The molecule has 1 aliphatic carbocycles. The molecule has 3 fully saturated rings. The number of ketones is 1. The number of halogens is 1. The second-order valence-corrected chi connectivity index (χ2v) is 7.92. The van der Waals surface area contributed by atoms with E-state index in [1.165, 1.54) is 6.07 Å². The van der Waals surface area contributed by atoms with Gasteiger partial charge in [-0.2, -0.15) is 0 Å². The lowest BCUT2D eigenvalue weighted by Crippen LogP contribution is -2.48. The van der Waals surface area contributed by atoms with Gasteiger partial charge in [0.2, 0.25) is 0 Å². The summed E-state index contributed by atoms with van der Waals surface area (Å²) in [6, 6.07) is 5.00. The lowest BCUT2D eigenvalue weighted by Gasteiger charge is -2.41. The van der Waals surface area contributed by atoms with E-state index in [-0.39, 0.29) is 30.4 Å². The van der Waals surface area contributed by atoms with Crippen LogP contribution in [0.4, 0.5) is 4.39 Å². The van der Waals surface area contributed by atoms with Crippen molar-refractivity contribution in [2.45, 2.75) is 69.5 Å². The molecule has 0 amide bonds. The number of esters is 1. The van der Waals surface area contributed by atoms with Gasteiger partial charge in [-0.15, -0.1) is 0 Å². The van der Waals surface area contributed by atoms with E-state index >= 15 is 0 Å². The third-order valence-electron chi connectivity index (χ3n) is 6.18. The fraction of sp³-hybridized carbons (Fsp3) is 0.619. The Morgan fingerprint density at radius 2 is 1.96 bits per heavy atom. The first-order chi connectivity index (χ1) is 13.1. The lowest BCUT2D eigenvalue weighted by molar-refractivity contribution is -0.277. The Labute approximate surface area is 158 Å². The third-order valence-corrected chi connectivity index (χ3v) is 6.18. The first-order valence-electron chi connectivity index (χ1n) is 9.86. The molecule has 2 saturated heterocycles. The van der Waals surface area contributed by atoms with Crippen LogP contribution in [0, 0.1) is 11.7 Å². The second kappa shape index (κ2) is 7.68. The van der Waals surface area contributed by atoms with Crippen LogP contribution in [-0.4, -0.2) is 24.0 Å². The van der Waals surface area contributed by atoms with Crippen molar-refractivity contribution >= 4 is 11.8 Å². The molecule has 1 saturated carbocycles. The molecule has 5 nitrogen and oxygen atoms in total. The first-order valence-corrected chi connectivity index (χ1v) is 9.86. The van der Waals surface area contributed by atoms with E-state index in [9.17, 15) is 14.0 Å². The molecule has 4 rings (SSSR count). The highest BCUT2D eigenvalue weighted by atomic mass is 19.1. The van der Waals surface area contributed by atoms with Crippen LogP contribution in [0.3, 0.4) is 0 Å². The number of carbonyl (C=O) groups excluding carboxylic acids is 2. The van der Waals surface area contributed by atoms with Crippen molar-refractivity contribution in [2.24, 2.45) is 5.92 Å². The van der Waals surface area contributed by atoms with Gasteiger partial charge in [0.1, 0.15) is 29.7 Å². The van der Waals surface area contributed by atoms with Gasteiger partial charge >= 0.3 is 5.97 Å². The number of cyclic esters (lactones) is 1. The van der Waals surface area contributed by atoms with Gasteiger partial charge in [-0.1, -0.05) is 25.0 Å². The topological polar surface area (TPSA) is 61.8 Å². The van der Waals surface area contributed by atoms with Gasteiger partial charge in [-0.25, -0.2) is 14.2 Å². The Balaban J connectivity index is 1.59. The van der Waals surface area contributed by atoms with Gasteiger partial charge in [0.15, 0.2) is 0 Å². The van der Waals surface area contributed by atoms with Crippen molar-refractivity contribution < 1.29 is 28.5 Å². The van der Waals surface area contributed by atoms with Crippen LogP contribution in [0.1, 0.15) is 68.6 Å². The van der Waals surface area contributed by atoms with Crippen molar-refractivity contribution in [2.75, 3.05) is 6.61 Å². The van der Waals surface area contributed by atoms with Crippen molar-refractivity contribution in [3.05, 3.63) is 35.1 Å². The Morgan fingerprint density at radius 3 is 2.67 bits per heavy atom. The standard InChI is InChI=1S/C21H25FO5/c22-17-7-3-4-14(20(17)18-9-11-25-27-18)8-10-21(15-5-1-2-6-15)13-16(23)12-19(24)26-21/h3-4,7,15,18H,1-2,5-6,8-13H2. The van der Waals surface area contributed by atoms with E-state index in [1.54, 1.807) is 6.07 Å². The van der Waals surface area contributed by atoms with Crippen molar-refractivity contribution in [3.8, 4) is 0 Å². The molecule has 6 heteroatoms. The van der Waals surface area contributed by atoms with Gasteiger partial charge in [0, 0.05) is 18.4 Å². The number of carbonyl (C=O) groups is 2. The van der Waals surface area contributed by atoms with Gasteiger partial charge in [0.25, 0.3) is 0 Å². The fourth-order valence-corrected chi connectivity index (χ4v) is 4.91. The molecule has 0 bridgehead atoms. The average Bonchev–Trinajstić information content (AvgIpc) is 3.33. The van der Waals surface area contributed by atoms with Crippen LogP contribution in [0.5, 0.6) is 0 Å². The van der Waals surface area contributed by atoms with Crippen LogP contribution >= 0.6 is 0 Å². The Hall–Kier alpha value is -1.79. The summed E-state index contributed by atoms with van der Waals surface area (Å²) in [5.41, 5.74) is 0.599. The molecule has 2 aliphatic heterocycles. The molecule has 1 aromatic rings. The molecular formula is C21H25FO5. The number of hydrogen-bond acceptors (Lipinski definition) is 5. The van der Waals surface area contributed by atoms with E-state index in [0.717, 1.165) is 31.2 Å². The highest BCUT2D eigenvalue weighted by molar-refractivity contribution is 5.98. The number of rotatable bonds is 5. The van der Waals surface area contributed by atoms with E-state index < -0.39 is 17.7 Å². The average molecular weight is 376 g/mol. The monoisotopic (exact) mass is 376 g/mol. The molecule has 146 valence electrons. The van der Waals surface area contributed by atoms with Crippen LogP contribution in [0.2, 0.25) is 0 Å². The Kier molecular flexibility index (Phi) is 5.28. The largest absolute Gasteiger partial charge is 0.458 e. The SMILES string of the molecule is O=C1CC(=O)OC(CCc2cccc(F)c2C2CCOO2)(C2CCCC2)C1. The van der Waals surface area contributed by atoms with Crippen molar-refractivity contribution in [1.29, 1.82) is 0 Å². The second-order valence-electron chi connectivity index (χ2n) is 7.92. The minimum atomic E-state index is -0.750. The predicted molar refractivity (Wildman–Crippen MR) is 94.1 cm³/mol. The highest BCUT2D eigenvalue weighted by Crippen LogP contribution is 2.44.